The lowest BCUT2D eigenvalue weighted by Crippen LogP contribution is -2.38. The summed E-state index contributed by atoms with van der Waals surface area (Å²) in [7, 11) is 0. The second kappa shape index (κ2) is 8.79. The number of rotatable bonds is 5. The second-order valence-corrected chi connectivity index (χ2v) is 8.26. The van der Waals surface area contributed by atoms with E-state index in [0.29, 0.717) is 43.5 Å². The van der Waals surface area contributed by atoms with Crippen LogP contribution in [0.15, 0.2) is 51.5 Å². The molecular weight excluding hydrogens is 406 g/mol. The van der Waals surface area contributed by atoms with Gasteiger partial charge in [0.05, 0.1) is 6.26 Å². The topological polar surface area (TPSA) is 98.5 Å². The van der Waals surface area contributed by atoms with Crippen LogP contribution in [0, 0.1) is 17.2 Å². The number of carbonyl (C=O) groups is 1. The number of oxazole rings is 1. The number of hydrogen-bond donors (Lipinski definition) is 1. The fraction of sp³-hybridized carbons (Fsp3) is 0.375. The van der Waals surface area contributed by atoms with Crippen molar-refractivity contribution in [2.24, 2.45) is 5.92 Å². The minimum Gasteiger partial charge on any atom is -0.459 e. The number of anilines is 3. The van der Waals surface area contributed by atoms with E-state index < -0.39 is 0 Å². The van der Waals surface area contributed by atoms with E-state index in [4.69, 9.17) is 8.83 Å². The zero-order valence-electron chi connectivity index (χ0n) is 17.8. The van der Waals surface area contributed by atoms with Crippen LogP contribution in [-0.4, -0.2) is 37.1 Å². The van der Waals surface area contributed by atoms with Gasteiger partial charge in [-0.1, -0.05) is 6.07 Å². The monoisotopic (exact) mass is 431 g/mol. The summed E-state index contributed by atoms with van der Waals surface area (Å²) in [6.07, 6.45) is 5.34. The zero-order chi connectivity index (χ0) is 21.9. The number of hydrogen-bond acceptors (Lipinski definition) is 7. The SMILES string of the molecule is N#Cc1nc(-c2ccco2)oc1N1CCC(C(=O)Nc2cccc(N3CCCC3)c2)CC1. The summed E-state index contributed by atoms with van der Waals surface area (Å²) in [5.41, 5.74) is 2.24. The molecule has 2 aromatic heterocycles. The Hall–Kier alpha value is -3.73. The van der Waals surface area contributed by atoms with E-state index in [9.17, 15) is 10.1 Å². The van der Waals surface area contributed by atoms with Crippen LogP contribution in [0.5, 0.6) is 0 Å². The number of nitrogens with zero attached hydrogens (tertiary/aromatic N) is 4. The van der Waals surface area contributed by atoms with E-state index in [2.05, 4.69) is 33.4 Å². The molecule has 0 atom stereocenters. The van der Waals surface area contributed by atoms with Crippen molar-refractivity contribution in [2.75, 3.05) is 41.3 Å². The Balaban J connectivity index is 1.21. The molecule has 4 heterocycles. The molecule has 0 spiro atoms. The third-order valence-corrected chi connectivity index (χ3v) is 6.19. The average molecular weight is 431 g/mol. The van der Waals surface area contributed by atoms with Gasteiger partial charge in [-0.15, -0.1) is 0 Å². The van der Waals surface area contributed by atoms with Crippen LogP contribution in [0.2, 0.25) is 0 Å². The van der Waals surface area contributed by atoms with Crippen molar-refractivity contribution in [1.82, 2.24) is 4.98 Å². The molecule has 32 heavy (non-hydrogen) atoms. The molecule has 0 radical (unpaired) electrons. The van der Waals surface area contributed by atoms with Gasteiger partial charge >= 0.3 is 0 Å². The number of carbonyl (C=O) groups excluding carboxylic acids is 1. The van der Waals surface area contributed by atoms with E-state index >= 15 is 0 Å². The maximum absolute atomic E-state index is 12.9. The van der Waals surface area contributed by atoms with Crippen LogP contribution < -0.4 is 15.1 Å². The van der Waals surface area contributed by atoms with E-state index in [1.54, 1.807) is 12.1 Å². The van der Waals surface area contributed by atoms with E-state index in [1.165, 1.54) is 19.1 Å². The molecule has 0 saturated carbocycles. The first-order valence-electron chi connectivity index (χ1n) is 11.1. The fourth-order valence-corrected chi connectivity index (χ4v) is 4.45. The molecule has 0 aliphatic carbocycles. The maximum atomic E-state index is 12.9. The highest BCUT2D eigenvalue weighted by Crippen LogP contribution is 2.32. The van der Waals surface area contributed by atoms with E-state index in [0.717, 1.165) is 24.5 Å². The predicted molar refractivity (Wildman–Crippen MR) is 120 cm³/mol. The van der Waals surface area contributed by atoms with Crippen molar-refractivity contribution in [3.63, 3.8) is 0 Å². The normalized spacial score (nSPS) is 16.8. The van der Waals surface area contributed by atoms with Crippen molar-refractivity contribution in [2.45, 2.75) is 25.7 Å². The molecule has 8 heteroatoms. The largest absolute Gasteiger partial charge is 0.459 e. The Bertz CT molecular complexity index is 1120. The van der Waals surface area contributed by atoms with Gasteiger partial charge in [-0.25, -0.2) is 0 Å². The minimum absolute atomic E-state index is 0.0394. The highest BCUT2D eigenvalue weighted by molar-refractivity contribution is 5.93. The third-order valence-electron chi connectivity index (χ3n) is 6.19. The summed E-state index contributed by atoms with van der Waals surface area (Å²) in [5.74, 6) is 1.17. The van der Waals surface area contributed by atoms with Gasteiger partial charge in [-0.2, -0.15) is 10.2 Å². The Morgan fingerprint density at radius 3 is 2.62 bits per heavy atom. The van der Waals surface area contributed by atoms with Crippen molar-refractivity contribution in [1.29, 1.82) is 5.26 Å². The second-order valence-electron chi connectivity index (χ2n) is 8.26. The molecule has 0 unspecified atom stereocenters. The first-order chi connectivity index (χ1) is 15.7. The van der Waals surface area contributed by atoms with Crippen molar-refractivity contribution >= 4 is 23.2 Å². The van der Waals surface area contributed by atoms with E-state index in [-0.39, 0.29) is 17.5 Å². The molecule has 1 amide bonds. The van der Waals surface area contributed by atoms with Crippen LogP contribution in [0.3, 0.4) is 0 Å². The quantitative estimate of drug-likeness (QED) is 0.644. The first kappa shape index (κ1) is 20.2. The molecule has 164 valence electrons. The van der Waals surface area contributed by atoms with Crippen molar-refractivity contribution < 1.29 is 13.6 Å². The molecular formula is C24H25N5O3. The Morgan fingerprint density at radius 2 is 1.91 bits per heavy atom. The molecule has 2 aliphatic rings. The Kier molecular flexibility index (Phi) is 5.55. The van der Waals surface area contributed by atoms with Crippen LogP contribution in [-0.2, 0) is 4.79 Å². The molecule has 2 saturated heterocycles. The zero-order valence-corrected chi connectivity index (χ0v) is 17.8. The lowest BCUT2D eigenvalue weighted by molar-refractivity contribution is -0.120. The summed E-state index contributed by atoms with van der Waals surface area (Å²) in [4.78, 5) is 21.5. The number of amides is 1. The summed E-state index contributed by atoms with van der Waals surface area (Å²) < 4.78 is 11.2. The fourth-order valence-electron chi connectivity index (χ4n) is 4.45. The third kappa shape index (κ3) is 4.06. The Labute approximate surface area is 186 Å². The van der Waals surface area contributed by atoms with E-state index in [1.807, 2.05) is 17.0 Å². The molecule has 1 aromatic carbocycles. The number of nitrogens with one attached hydrogen (secondary N) is 1. The summed E-state index contributed by atoms with van der Waals surface area (Å²) in [6.45, 7) is 3.38. The number of benzene rings is 1. The highest BCUT2D eigenvalue weighted by atomic mass is 16.4. The number of furan rings is 1. The first-order valence-corrected chi connectivity index (χ1v) is 11.1. The molecule has 8 nitrogen and oxygen atoms in total. The number of piperidine rings is 1. The molecule has 2 fully saturated rings. The standard InChI is InChI=1S/C24H25N5O3/c25-16-20-24(32-23(27-20)21-7-4-14-31-21)29-12-8-17(9-13-29)22(30)26-18-5-3-6-19(15-18)28-10-1-2-11-28/h3-7,14-15,17H,1-2,8-13H2,(H,26,30). The van der Waals surface area contributed by atoms with Gasteiger partial charge in [0.2, 0.25) is 17.5 Å². The molecule has 2 aliphatic heterocycles. The van der Waals surface area contributed by atoms with Gasteiger partial charge in [0.15, 0.2) is 5.76 Å². The molecule has 5 rings (SSSR count). The van der Waals surface area contributed by atoms with Crippen LogP contribution in [0.4, 0.5) is 17.3 Å². The lowest BCUT2D eigenvalue weighted by atomic mass is 9.95. The van der Waals surface area contributed by atoms with Gasteiger partial charge in [0, 0.05) is 43.5 Å². The molecule has 1 N–H and O–H groups in total. The number of nitriles is 1. The Morgan fingerprint density at radius 1 is 1.09 bits per heavy atom. The van der Waals surface area contributed by atoms with Crippen LogP contribution in [0.1, 0.15) is 31.4 Å². The average Bonchev–Trinajstić information content (AvgIpc) is 3.61. The maximum Gasteiger partial charge on any atom is 0.266 e. The van der Waals surface area contributed by atoms with Gasteiger partial charge < -0.3 is 24.0 Å². The van der Waals surface area contributed by atoms with Crippen molar-refractivity contribution in [3.05, 3.63) is 48.4 Å². The molecule has 0 bridgehead atoms. The van der Waals surface area contributed by atoms with Gasteiger partial charge in [-0.05, 0) is 56.0 Å². The molecule has 3 aromatic rings. The summed E-state index contributed by atoms with van der Waals surface area (Å²) >= 11 is 0. The summed E-state index contributed by atoms with van der Waals surface area (Å²) in [6, 6.07) is 13.7. The predicted octanol–water partition coefficient (Wildman–Crippen LogP) is 4.26. The van der Waals surface area contributed by atoms with Crippen LogP contribution in [0.25, 0.3) is 11.7 Å². The minimum atomic E-state index is -0.0836. The van der Waals surface area contributed by atoms with Gasteiger partial charge in [0.25, 0.3) is 5.89 Å². The van der Waals surface area contributed by atoms with Crippen molar-refractivity contribution in [3.8, 4) is 17.7 Å². The van der Waals surface area contributed by atoms with Gasteiger partial charge in [-0.3, -0.25) is 4.79 Å². The summed E-state index contributed by atoms with van der Waals surface area (Å²) in [5, 5.41) is 12.6. The smallest absolute Gasteiger partial charge is 0.266 e. The van der Waals surface area contributed by atoms with Crippen LogP contribution >= 0.6 is 0 Å². The van der Waals surface area contributed by atoms with Gasteiger partial charge in [0.1, 0.15) is 6.07 Å². The lowest BCUT2D eigenvalue weighted by Gasteiger charge is -2.31. The highest BCUT2D eigenvalue weighted by Gasteiger charge is 2.29. The number of aromatic nitrogens is 1.